The molecule has 0 aromatic heterocycles. The van der Waals surface area contributed by atoms with Crippen LogP contribution in [0.25, 0.3) is 0 Å². The fraction of sp³-hybridized carbons (Fsp3) is 0.133. The Morgan fingerprint density at radius 2 is 1.95 bits per heavy atom. The first-order valence-corrected chi connectivity index (χ1v) is 7.19. The quantitative estimate of drug-likeness (QED) is 0.634. The molecule has 0 aliphatic heterocycles. The van der Waals surface area contributed by atoms with Gasteiger partial charge in [0, 0.05) is 34.7 Å². The third-order valence-electron chi connectivity index (χ3n) is 2.83. The molecule has 4 nitrogen and oxygen atoms in total. The first kappa shape index (κ1) is 14.6. The molecule has 3 N–H and O–H groups in total. The Morgan fingerprint density at radius 1 is 1.20 bits per heavy atom. The van der Waals surface area contributed by atoms with E-state index in [1.54, 1.807) is 12.1 Å². The van der Waals surface area contributed by atoms with Crippen molar-refractivity contribution < 1.29 is 4.79 Å². The molecule has 0 fully saturated rings. The van der Waals surface area contributed by atoms with Gasteiger partial charge in [0.15, 0.2) is 0 Å². The lowest BCUT2D eigenvalue weighted by Crippen LogP contribution is -2.18. The van der Waals surface area contributed by atoms with Crippen molar-refractivity contribution in [2.45, 2.75) is 0 Å². The highest BCUT2D eigenvalue weighted by molar-refractivity contribution is 14.1. The van der Waals surface area contributed by atoms with Gasteiger partial charge < -0.3 is 16.0 Å². The van der Waals surface area contributed by atoms with Gasteiger partial charge in [-0.15, -0.1) is 0 Å². The van der Waals surface area contributed by atoms with Crippen LogP contribution in [-0.2, 0) is 0 Å². The number of nitrogens with one attached hydrogen (secondary N) is 1. The number of amides is 1. The Labute approximate surface area is 132 Å². The lowest BCUT2D eigenvalue weighted by Gasteiger charge is -2.17. The van der Waals surface area contributed by atoms with E-state index < -0.39 is 0 Å². The second-order valence-corrected chi connectivity index (χ2v) is 5.88. The minimum atomic E-state index is -0.164. The summed E-state index contributed by atoms with van der Waals surface area (Å²) in [6.07, 6.45) is 0. The zero-order valence-corrected chi connectivity index (χ0v) is 13.5. The van der Waals surface area contributed by atoms with Gasteiger partial charge in [-0.25, -0.2) is 0 Å². The number of nitrogens with two attached hydrogens (primary N) is 1. The van der Waals surface area contributed by atoms with Crippen molar-refractivity contribution in [1.82, 2.24) is 0 Å². The molecule has 0 heterocycles. The zero-order valence-electron chi connectivity index (χ0n) is 11.4. The summed E-state index contributed by atoms with van der Waals surface area (Å²) in [7, 11) is 3.79. The molecular weight excluding hydrogens is 365 g/mol. The molecule has 5 heteroatoms. The number of carbonyl (C=O) groups excluding carboxylic acids is 1. The van der Waals surface area contributed by atoms with Crippen molar-refractivity contribution in [1.29, 1.82) is 0 Å². The molecule has 0 saturated heterocycles. The molecular formula is C15H16IN3O. The Hall–Kier alpha value is -1.76. The van der Waals surface area contributed by atoms with E-state index in [0.29, 0.717) is 11.3 Å². The van der Waals surface area contributed by atoms with E-state index >= 15 is 0 Å². The van der Waals surface area contributed by atoms with E-state index in [1.165, 1.54) is 0 Å². The fourth-order valence-corrected chi connectivity index (χ4v) is 2.43. The van der Waals surface area contributed by atoms with E-state index in [9.17, 15) is 4.79 Å². The molecule has 0 radical (unpaired) electrons. The number of halogens is 1. The van der Waals surface area contributed by atoms with Crippen molar-refractivity contribution in [3.63, 3.8) is 0 Å². The van der Waals surface area contributed by atoms with Crippen molar-refractivity contribution in [3.05, 3.63) is 51.6 Å². The number of benzene rings is 2. The molecule has 2 aromatic carbocycles. The van der Waals surface area contributed by atoms with Gasteiger partial charge in [-0.2, -0.15) is 0 Å². The fourth-order valence-electron chi connectivity index (χ4n) is 1.89. The monoisotopic (exact) mass is 381 g/mol. The second kappa shape index (κ2) is 6.13. The zero-order chi connectivity index (χ0) is 14.7. The number of nitrogen functional groups attached to an aromatic ring is 1. The summed E-state index contributed by atoms with van der Waals surface area (Å²) in [5.74, 6) is -0.164. The maximum atomic E-state index is 12.4. The normalized spacial score (nSPS) is 10.2. The molecule has 2 rings (SSSR count). The minimum absolute atomic E-state index is 0.164. The van der Waals surface area contributed by atoms with Gasteiger partial charge in [0.2, 0.25) is 0 Å². The average Bonchev–Trinajstić information content (AvgIpc) is 2.38. The molecule has 0 atom stereocenters. The van der Waals surface area contributed by atoms with Crippen molar-refractivity contribution in [2.24, 2.45) is 0 Å². The van der Waals surface area contributed by atoms with Crippen LogP contribution in [-0.4, -0.2) is 20.0 Å². The van der Waals surface area contributed by atoms with Gasteiger partial charge >= 0.3 is 0 Å². The van der Waals surface area contributed by atoms with Crippen LogP contribution in [0.1, 0.15) is 10.4 Å². The van der Waals surface area contributed by atoms with Gasteiger partial charge in [0.05, 0.1) is 5.56 Å². The van der Waals surface area contributed by atoms with Gasteiger partial charge in [-0.3, -0.25) is 4.79 Å². The Balaban J connectivity index is 2.31. The molecule has 20 heavy (non-hydrogen) atoms. The lowest BCUT2D eigenvalue weighted by molar-refractivity contribution is 0.102. The van der Waals surface area contributed by atoms with Crippen LogP contribution in [0, 0.1) is 3.57 Å². The Morgan fingerprint density at radius 3 is 2.60 bits per heavy atom. The predicted octanol–water partition coefficient (Wildman–Crippen LogP) is 3.19. The third-order valence-corrected chi connectivity index (χ3v) is 3.50. The van der Waals surface area contributed by atoms with Crippen LogP contribution in [0.3, 0.4) is 0 Å². The van der Waals surface area contributed by atoms with Crippen LogP contribution < -0.4 is 16.0 Å². The van der Waals surface area contributed by atoms with Gasteiger partial charge in [0.1, 0.15) is 0 Å². The van der Waals surface area contributed by atoms with Gasteiger partial charge in [-0.05, 0) is 59.0 Å². The van der Waals surface area contributed by atoms with Gasteiger partial charge in [-0.1, -0.05) is 6.07 Å². The Bertz CT molecular complexity index is 641. The average molecular weight is 381 g/mol. The van der Waals surface area contributed by atoms with Crippen molar-refractivity contribution in [3.8, 4) is 0 Å². The van der Waals surface area contributed by atoms with Crippen LogP contribution in [0.4, 0.5) is 17.1 Å². The smallest absolute Gasteiger partial charge is 0.257 e. The first-order valence-electron chi connectivity index (χ1n) is 6.11. The molecule has 0 spiro atoms. The standard InChI is InChI=1S/C15H16IN3O/c1-19(2)14-7-6-11(17)9-13(14)15(20)18-12-5-3-4-10(16)8-12/h3-9H,17H2,1-2H3,(H,18,20). The van der Waals surface area contributed by atoms with E-state index in [4.69, 9.17) is 5.73 Å². The molecule has 1 amide bonds. The topological polar surface area (TPSA) is 58.4 Å². The Kier molecular flexibility index (Phi) is 4.49. The summed E-state index contributed by atoms with van der Waals surface area (Å²) in [5, 5.41) is 2.90. The summed E-state index contributed by atoms with van der Waals surface area (Å²) < 4.78 is 1.07. The van der Waals surface area contributed by atoms with Crippen LogP contribution in [0.5, 0.6) is 0 Å². The summed E-state index contributed by atoms with van der Waals surface area (Å²) in [6.45, 7) is 0. The maximum absolute atomic E-state index is 12.4. The number of nitrogens with zero attached hydrogens (tertiary/aromatic N) is 1. The third kappa shape index (κ3) is 3.41. The second-order valence-electron chi connectivity index (χ2n) is 4.64. The van der Waals surface area contributed by atoms with Gasteiger partial charge in [0.25, 0.3) is 5.91 Å². The molecule has 2 aromatic rings. The van der Waals surface area contributed by atoms with Crippen LogP contribution in [0.2, 0.25) is 0 Å². The molecule has 0 aliphatic carbocycles. The summed E-state index contributed by atoms with van der Waals surface area (Å²) in [6, 6.07) is 13.0. The summed E-state index contributed by atoms with van der Waals surface area (Å²) in [4.78, 5) is 14.3. The number of hydrogen-bond donors (Lipinski definition) is 2. The van der Waals surface area contributed by atoms with E-state index in [1.807, 2.05) is 49.3 Å². The molecule has 0 aliphatic rings. The number of anilines is 3. The van der Waals surface area contributed by atoms with Crippen molar-refractivity contribution in [2.75, 3.05) is 30.0 Å². The molecule has 0 bridgehead atoms. The first-order chi connectivity index (χ1) is 9.47. The minimum Gasteiger partial charge on any atom is -0.399 e. The van der Waals surface area contributed by atoms with Crippen LogP contribution in [0.15, 0.2) is 42.5 Å². The number of carbonyl (C=O) groups is 1. The van der Waals surface area contributed by atoms with E-state index in [2.05, 4.69) is 27.9 Å². The predicted molar refractivity (Wildman–Crippen MR) is 92.3 cm³/mol. The van der Waals surface area contributed by atoms with Crippen LogP contribution >= 0.6 is 22.6 Å². The summed E-state index contributed by atoms with van der Waals surface area (Å²) in [5.41, 5.74) is 8.53. The largest absolute Gasteiger partial charge is 0.399 e. The number of hydrogen-bond acceptors (Lipinski definition) is 3. The number of rotatable bonds is 3. The van der Waals surface area contributed by atoms with Crippen molar-refractivity contribution >= 4 is 45.6 Å². The SMILES string of the molecule is CN(C)c1ccc(N)cc1C(=O)Nc1cccc(I)c1. The highest BCUT2D eigenvalue weighted by atomic mass is 127. The molecule has 0 saturated carbocycles. The lowest BCUT2D eigenvalue weighted by atomic mass is 10.1. The summed E-state index contributed by atoms with van der Waals surface area (Å²) >= 11 is 2.21. The highest BCUT2D eigenvalue weighted by Crippen LogP contribution is 2.23. The highest BCUT2D eigenvalue weighted by Gasteiger charge is 2.13. The maximum Gasteiger partial charge on any atom is 0.257 e. The molecule has 0 unspecified atom stereocenters. The molecule has 104 valence electrons. The van der Waals surface area contributed by atoms with E-state index in [-0.39, 0.29) is 5.91 Å². The van der Waals surface area contributed by atoms with E-state index in [0.717, 1.165) is 14.9 Å².